The van der Waals surface area contributed by atoms with Crippen molar-refractivity contribution >= 4 is 10.9 Å². The molecule has 18 heavy (non-hydrogen) atoms. The highest BCUT2D eigenvalue weighted by molar-refractivity contribution is 5.84. The Morgan fingerprint density at radius 1 is 1.33 bits per heavy atom. The van der Waals surface area contributed by atoms with Gasteiger partial charge < -0.3 is 4.98 Å². The van der Waals surface area contributed by atoms with Crippen molar-refractivity contribution in [2.24, 2.45) is 5.92 Å². The highest BCUT2D eigenvalue weighted by atomic mass is 19.1. The molecule has 1 heterocycles. The third kappa shape index (κ3) is 1.73. The van der Waals surface area contributed by atoms with Crippen LogP contribution < -0.4 is 0 Å². The third-order valence-corrected chi connectivity index (χ3v) is 4.30. The van der Waals surface area contributed by atoms with E-state index in [2.05, 4.69) is 11.9 Å². The molecule has 0 bridgehead atoms. The van der Waals surface area contributed by atoms with E-state index in [0.717, 1.165) is 18.1 Å². The zero-order chi connectivity index (χ0) is 12.7. The Kier molecular flexibility index (Phi) is 2.84. The van der Waals surface area contributed by atoms with Crippen molar-refractivity contribution in [3.63, 3.8) is 0 Å². The van der Waals surface area contributed by atoms with Crippen molar-refractivity contribution < 1.29 is 8.78 Å². The summed E-state index contributed by atoms with van der Waals surface area (Å²) in [7, 11) is 0. The van der Waals surface area contributed by atoms with Gasteiger partial charge in [-0.15, -0.1) is 0 Å². The van der Waals surface area contributed by atoms with Crippen molar-refractivity contribution in [1.29, 1.82) is 0 Å². The second-order valence-corrected chi connectivity index (χ2v) is 5.26. The Morgan fingerprint density at radius 2 is 2.11 bits per heavy atom. The molecule has 0 radical (unpaired) electrons. The van der Waals surface area contributed by atoms with Gasteiger partial charge in [0.25, 0.3) is 0 Å². The van der Waals surface area contributed by atoms with Crippen LogP contribution in [0.25, 0.3) is 10.9 Å². The molecule has 0 saturated heterocycles. The lowest BCUT2D eigenvalue weighted by atomic mass is 9.72. The maximum atomic E-state index is 13.7. The van der Waals surface area contributed by atoms with Crippen LogP contribution in [-0.4, -0.2) is 4.98 Å². The van der Waals surface area contributed by atoms with Gasteiger partial charge >= 0.3 is 0 Å². The first-order chi connectivity index (χ1) is 8.70. The predicted molar refractivity (Wildman–Crippen MR) is 68.6 cm³/mol. The van der Waals surface area contributed by atoms with Crippen LogP contribution >= 0.6 is 0 Å². The minimum absolute atomic E-state index is 0.425. The number of benzene rings is 1. The number of hydrogen-bond acceptors (Lipinski definition) is 0. The summed E-state index contributed by atoms with van der Waals surface area (Å²) < 4.78 is 27.0. The van der Waals surface area contributed by atoms with Crippen molar-refractivity contribution in [3.8, 4) is 0 Å². The van der Waals surface area contributed by atoms with E-state index < -0.39 is 11.6 Å². The maximum Gasteiger partial charge on any atom is 0.150 e. The van der Waals surface area contributed by atoms with E-state index in [1.54, 1.807) is 0 Å². The number of fused-ring (bicyclic) bond motifs is 1. The number of hydrogen-bond donors (Lipinski definition) is 1. The van der Waals surface area contributed by atoms with E-state index in [9.17, 15) is 8.78 Å². The van der Waals surface area contributed by atoms with E-state index in [4.69, 9.17) is 0 Å². The maximum absolute atomic E-state index is 13.7. The van der Waals surface area contributed by atoms with Gasteiger partial charge in [0.15, 0.2) is 0 Å². The standard InChI is InChI=1S/C15H17F2N/c1-2-11(9-4-3-5-9)13-8-18-15-12(13)6-10(16)7-14(15)17/h6-9,11,18H,2-5H2,1H3. The minimum Gasteiger partial charge on any atom is -0.359 e. The van der Waals surface area contributed by atoms with Crippen molar-refractivity contribution in [2.45, 2.75) is 38.5 Å². The van der Waals surface area contributed by atoms with Gasteiger partial charge in [0, 0.05) is 17.6 Å². The molecular formula is C15H17F2N. The molecule has 0 spiro atoms. The van der Waals surface area contributed by atoms with Gasteiger partial charge in [-0.1, -0.05) is 13.3 Å². The summed E-state index contributed by atoms with van der Waals surface area (Å²) in [6.07, 6.45) is 6.65. The molecule has 1 nitrogen and oxygen atoms in total. The minimum atomic E-state index is -0.500. The van der Waals surface area contributed by atoms with Crippen LogP contribution in [0.4, 0.5) is 8.78 Å². The van der Waals surface area contributed by atoms with Gasteiger partial charge in [-0.05, 0) is 42.7 Å². The highest BCUT2D eigenvalue weighted by Gasteiger charge is 2.29. The van der Waals surface area contributed by atoms with Crippen LogP contribution in [0.2, 0.25) is 0 Å². The first-order valence-corrected chi connectivity index (χ1v) is 6.66. The molecule has 1 unspecified atom stereocenters. The molecule has 1 aromatic heterocycles. The molecule has 1 aromatic carbocycles. The zero-order valence-electron chi connectivity index (χ0n) is 10.5. The Bertz CT molecular complexity index is 569. The monoisotopic (exact) mass is 249 g/mol. The second-order valence-electron chi connectivity index (χ2n) is 5.26. The first kappa shape index (κ1) is 11.7. The van der Waals surface area contributed by atoms with E-state index in [-0.39, 0.29) is 0 Å². The number of aromatic amines is 1. The Balaban J connectivity index is 2.10. The molecule has 1 fully saturated rings. The van der Waals surface area contributed by atoms with Crippen LogP contribution in [0, 0.1) is 17.6 Å². The normalized spacial score (nSPS) is 17.9. The number of H-pyrrole nitrogens is 1. The van der Waals surface area contributed by atoms with Gasteiger partial charge in [0.1, 0.15) is 11.6 Å². The second kappa shape index (κ2) is 4.38. The van der Waals surface area contributed by atoms with Crippen LogP contribution in [0.3, 0.4) is 0 Å². The topological polar surface area (TPSA) is 15.8 Å². The van der Waals surface area contributed by atoms with Gasteiger partial charge in [0.05, 0.1) is 5.52 Å². The van der Waals surface area contributed by atoms with Gasteiger partial charge in [-0.2, -0.15) is 0 Å². The fraction of sp³-hybridized carbons (Fsp3) is 0.467. The Labute approximate surface area is 105 Å². The number of aromatic nitrogens is 1. The van der Waals surface area contributed by atoms with Crippen molar-refractivity contribution in [1.82, 2.24) is 4.98 Å². The predicted octanol–water partition coefficient (Wildman–Crippen LogP) is 4.74. The summed E-state index contributed by atoms with van der Waals surface area (Å²) in [6, 6.07) is 2.39. The van der Waals surface area contributed by atoms with Crippen LogP contribution in [0.1, 0.15) is 44.1 Å². The van der Waals surface area contributed by atoms with E-state index in [1.165, 1.54) is 25.3 Å². The quantitative estimate of drug-likeness (QED) is 0.808. The lowest BCUT2D eigenvalue weighted by Crippen LogP contribution is -2.19. The summed E-state index contributed by atoms with van der Waals surface area (Å²) >= 11 is 0. The fourth-order valence-electron chi connectivity index (χ4n) is 3.13. The van der Waals surface area contributed by atoms with Crippen LogP contribution in [0.5, 0.6) is 0 Å². The molecular weight excluding hydrogens is 232 g/mol. The lowest BCUT2D eigenvalue weighted by Gasteiger charge is -2.33. The molecule has 1 aliphatic carbocycles. The summed E-state index contributed by atoms with van der Waals surface area (Å²) in [5, 5.41) is 0.714. The number of nitrogens with one attached hydrogen (secondary N) is 1. The first-order valence-electron chi connectivity index (χ1n) is 6.66. The fourth-order valence-corrected chi connectivity index (χ4v) is 3.13. The Hall–Kier alpha value is -1.38. The Morgan fingerprint density at radius 3 is 2.72 bits per heavy atom. The summed E-state index contributed by atoms with van der Waals surface area (Å²) in [5.41, 5.74) is 1.51. The largest absolute Gasteiger partial charge is 0.359 e. The van der Waals surface area contributed by atoms with E-state index >= 15 is 0 Å². The molecule has 3 rings (SSSR count). The molecule has 2 aromatic rings. The van der Waals surface area contributed by atoms with Gasteiger partial charge in [0.2, 0.25) is 0 Å². The molecule has 1 aliphatic rings. The smallest absolute Gasteiger partial charge is 0.150 e. The van der Waals surface area contributed by atoms with E-state index in [1.807, 2.05) is 6.20 Å². The summed E-state index contributed by atoms with van der Waals surface area (Å²) in [4.78, 5) is 2.96. The molecule has 0 aliphatic heterocycles. The van der Waals surface area contributed by atoms with Crippen LogP contribution in [-0.2, 0) is 0 Å². The van der Waals surface area contributed by atoms with Crippen LogP contribution in [0.15, 0.2) is 18.3 Å². The number of halogens is 2. The van der Waals surface area contributed by atoms with E-state index in [0.29, 0.717) is 22.7 Å². The zero-order valence-corrected chi connectivity index (χ0v) is 10.5. The average Bonchev–Trinajstić information content (AvgIpc) is 2.66. The highest BCUT2D eigenvalue weighted by Crippen LogP contribution is 2.43. The van der Waals surface area contributed by atoms with Gasteiger partial charge in [-0.25, -0.2) is 8.78 Å². The molecule has 3 heteroatoms. The van der Waals surface area contributed by atoms with Crippen molar-refractivity contribution in [3.05, 3.63) is 35.5 Å². The summed E-state index contributed by atoms with van der Waals surface area (Å²) in [6.45, 7) is 2.15. The molecule has 0 amide bonds. The molecule has 1 saturated carbocycles. The third-order valence-electron chi connectivity index (χ3n) is 4.30. The molecule has 96 valence electrons. The lowest BCUT2D eigenvalue weighted by molar-refractivity contribution is 0.257. The summed E-state index contributed by atoms with van der Waals surface area (Å²) in [5.74, 6) is 0.109. The average molecular weight is 249 g/mol. The SMILES string of the molecule is CCC(c1c[nH]c2c(F)cc(F)cc12)C1CCC1. The van der Waals surface area contributed by atoms with Crippen molar-refractivity contribution in [2.75, 3.05) is 0 Å². The number of rotatable bonds is 3. The molecule has 1 atom stereocenters. The molecule has 1 N–H and O–H groups in total. The van der Waals surface area contributed by atoms with Gasteiger partial charge in [-0.3, -0.25) is 0 Å².